The molecule has 0 bridgehead atoms. The summed E-state index contributed by atoms with van der Waals surface area (Å²) in [4.78, 5) is 19.3. The van der Waals surface area contributed by atoms with Crippen molar-refractivity contribution in [1.29, 1.82) is 0 Å². The SMILES string of the molecule is CC(NC(=O)c1cc(-c2ccccc2)n[nH]1)c1ncc[nH]1. The molecule has 1 unspecified atom stereocenters. The zero-order valence-corrected chi connectivity index (χ0v) is 11.5. The van der Waals surface area contributed by atoms with Crippen LogP contribution in [0.2, 0.25) is 0 Å². The first-order valence-electron chi connectivity index (χ1n) is 6.65. The van der Waals surface area contributed by atoms with E-state index in [0.29, 0.717) is 11.5 Å². The molecule has 1 amide bonds. The summed E-state index contributed by atoms with van der Waals surface area (Å²) in [5.41, 5.74) is 2.13. The number of hydrogen-bond donors (Lipinski definition) is 3. The van der Waals surface area contributed by atoms with Gasteiger partial charge in [-0.2, -0.15) is 5.10 Å². The van der Waals surface area contributed by atoms with Crippen molar-refractivity contribution in [3.05, 3.63) is 60.3 Å². The van der Waals surface area contributed by atoms with E-state index in [1.165, 1.54) is 0 Å². The number of carbonyl (C=O) groups is 1. The third-order valence-corrected chi connectivity index (χ3v) is 3.17. The summed E-state index contributed by atoms with van der Waals surface area (Å²) in [5.74, 6) is 0.500. The predicted molar refractivity (Wildman–Crippen MR) is 78.5 cm³/mol. The van der Waals surface area contributed by atoms with Gasteiger partial charge in [0.05, 0.1) is 11.7 Å². The van der Waals surface area contributed by atoms with Gasteiger partial charge in [0.25, 0.3) is 5.91 Å². The van der Waals surface area contributed by atoms with Gasteiger partial charge in [0.2, 0.25) is 0 Å². The number of imidazole rings is 1. The van der Waals surface area contributed by atoms with E-state index in [2.05, 4.69) is 25.5 Å². The minimum Gasteiger partial charge on any atom is -0.347 e. The van der Waals surface area contributed by atoms with Gasteiger partial charge >= 0.3 is 0 Å². The van der Waals surface area contributed by atoms with Crippen molar-refractivity contribution >= 4 is 5.91 Å². The lowest BCUT2D eigenvalue weighted by atomic mass is 10.1. The van der Waals surface area contributed by atoms with Gasteiger partial charge in [-0.25, -0.2) is 4.98 Å². The van der Waals surface area contributed by atoms with Crippen LogP contribution in [0.25, 0.3) is 11.3 Å². The molecule has 0 radical (unpaired) electrons. The molecule has 2 aromatic heterocycles. The maximum absolute atomic E-state index is 12.2. The first kappa shape index (κ1) is 13.1. The van der Waals surface area contributed by atoms with Crippen LogP contribution < -0.4 is 5.32 Å². The molecule has 3 aromatic rings. The fraction of sp³-hybridized carbons (Fsp3) is 0.133. The topological polar surface area (TPSA) is 86.5 Å². The summed E-state index contributed by atoms with van der Waals surface area (Å²) in [6, 6.07) is 11.2. The van der Waals surface area contributed by atoms with Gasteiger partial charge in [0.15, 0.2) is 0 Å². The number of hydrogen-bond acceptors (Lipinski definition) is 3. The molecule has 3 N–H and O–H groups in total. The third-order valence-electron chi connectivity index (χ3n) is 3.17. The van der Waals surface area contributed by atoms with E-state index in [-0.39, 0.29) is 11.9 Å². The Morgan fingerprint density at radius 1 is 1.29 bits per heavy atom. The fourth-order valence-electron chi connectivity index (χ4n) is 2.05. The second-order valence-corrected chi connectivity index (χ2v) is 4.70. The molecule has 0 saturated carbocycles. The molecule has 21 heavy (non-hydrogen) atoms. The van der Waals surface area contributed by atoms with Crippen molar-refractivity contribution < 1.29 is 4.79 Å². The lowest BCUT2D eigenvalue weighted by Crippen LogP contribution is -2.27. The van der Waals surface area contributed by atoms with Crippen LogP contribution in [0.5, 0.6) is 0 Å². The Morgan fingerprint density at radius 2 is 2.10 bits per heavy atom. The average molecular weight is 281 g/mol. The highest BCUT2D eigenvalue weighted by Crippen LogP contribution is 2.17. The Bertz CT molecular complexity index is 718. The summed E-state index contributed by atoms with van der Waals surface area (Å²) in [6.45, 7) is 1.87. The van der Waals surface area contributed by atoms with Crippen LogP contribution in [0.15, 0.2) is 48.8 Å². The highest BCUT2D eigenvalue weighted by Gasteiger charge is 2.15. The van der Waals surface area contributed by atoms with E-state index >= 15 is 0 Å². The van der Waals surface area contributed by atoms with Crippen LogP contribution in [-0.2, 0) is 0 Å². The van der Waals surface area contributed by atoms with E-state index in [4.69, 9.17) is 0 Å². The van der Waals surface area contributed by atoms with E-state index in [0.717, 1.165) is 11.3 Å². The number of nitrogens with one attached hydrogen (secondary N) is 3. The van der Waals surface area contributed by atoms with Crippen molar-refractivity contribution in [2.45, 2.75) is 13.0 Å². The van der Waals surface area contributed by atoms with Gasteiger partial charge in [-0.3, -0.25) is 9.89 Å². The lowest BCUT2D eigenvalue weighted by Gasteiger charge is -2.09. The van der Waals surface area contributed by atoms with Crippen LogP contribution >= 0.6 is 0 Å². The molecule has 0 aliphatic rings. The number of rotatable bonds is 4. The van der Waals surface area contributed by atoms with Crippen LogP contribution in [0, 0.1) is 0 Å². The molecule has 0 aliphatic heterocycles. The Hall–Kier alpha value is -2.89. The van der Waals surface area contributed by atoms with E-state index < -0.39 is 0 Å². The molecule has 0 fully saturated rings. The zero-order chi connectivity index (χ0) is 14.7. The van der Waals surface area contributed by atoms with Crippen LogP contribution in [-0.4, -0.2) is 26.1 Å². The van der Waals surface area contributed by atoms with Crippen molar-refractivity contribution in [1.82, 2.24) is 25.5 Å². The standard InChI is InChI=1S/C15H15N5O/c1-10(14-16-7-8-17-14)18-15(21)13-9-12(19-20-13)11-5-3-2-4-6-11/h2-10H,1H3,(H,16,17)(H,18,21)(H,19,20). The molecule has 0 aliphatic carbocycles. The largest absolute Gasteiger partial charge is 0.347 e. The fourth-order valence-corrected chi connectivity index (χ4v) is 2.05. The van der Waals surface area contributed by atoms with Gasteiger partial charge in [0, 0.05) is 18.0 Å². The van der Waals surface area contributed by atoms with Crippen molar-refractivity contribution in [3.8, 4) is 11.3 Å². The highest BCUT2D eigenvalue weighted by atomic mass is 16.2. The van der Waals surface area contributed by atoms with Gasteiger partial charge in [-0.1, -0.05) is 30.3 Å². The lowest BCUT2D eigenvalue weighted by molar-refractivity contribution is 0.0933. The number of H-pyrrole nitrogens is 2. The van der Waals surface area contributed by atoms with E-state index in [1.54, 1.807) is 18.5 Å². The first-order valence-corrected chi connectivity index (χ1v) is 6.65. The van der Waals surface area contributed by atoms with Crippen molar-refractivity contribution in [3.63, 3.8) is 0 Å². The number of aromatic nitrogens is 4. The van der Waals surface area contributed by atoms with E-state index in [1.807, 2.05) is 37.3 Å². The second kappa shape index (κ2) is 5.62. The number of benzene rings is 1. The van der Waals surface area contributed by atoms with Crippen LogP contribution in [0.4, 0.5) is 0 Å². The third kappa shape index (κ3) is 2.84. The van der Waals surface area contributed by atoms with Gasteiger partial charge in [-0.15, -0.1) is 0 Å². The molecular formula is C15H15N5O. The van der Waals surface area contributed by atoms with Crippen molar-refractivity contribution in [2.75, 3.05) is 0 Å². The molecule has 6 heteroatoms. The predicted octanol–water partition coefficient (Wildman–Crippen LogP) is 2.29. The molecule has 106 valence electrons. The smallest absolute Gasteiger partial charge is 0.269 e. The zero-order valence-electron chi connectivity index (χ0n) is 11.5. The molecule has 0 saturated heterocycles. The first-order chi connectivity index (χ1) is 10.2. The van der Waals surface area contributed by atoms with Crippen LogP contribution in [0.1, 0.15) is 29.3 Å². The molecule has 0 spiro atoms. The summed E-state index contributed by atoms with van der Waals surface area (Å²) < 4.78 is 0. The summed E-state index contributed by atoms with van der Waals surface area (Å²) in [5, 5.41) is 9.79. The number of amides is 1. The molecule has 1 aromatic carbocycles. The van der Waals surface area contributed by atoms with Gasteiger partial charge < -0.3 is 10.3 Å². The Labute approximate surface area is 121 Å². The monoisotopic (exact) mass is 281 g/mol. The maximum Gasteiger partial charge on any atom is 0.269 e. The van der Waals surface area contributed by atoms with E-state index in [9.17, 15) is 4.79 Å². The quantitative estimate of drug-likeness (QED) is 0.685. The Balaban J connectivity index is 1.73. The molecule has 6 nitrogen and oxygen atoms in total. The molecule has 3 rings (SSSR count). The van der Waals surface area contributed by atoms with Gasteiger partial charge in [-0.05, 0) is 13.0 Å². The maximum atomic E-state index is 12.2. The normalized spacial score (nSPS) is 12.0. The minimum absolute atomic E-state index is 0.198. The van der Waals surface area contributed by atoms with Crippen LogP contribution in [0.3, 0.4) is 0 Å². The van der Waals surface area contributed by atoms with Crippen molar-refractivity contribution in [2.24, 2.45) is 0 Å². The second-order valence-electron chi connectivity index (χ2n) is 4.70. The highest BCUT2D eigenvalue weighted by molar-refractivity contribution is 5.93. The Morgan fingerprint density at radius 3 is 2.81 bits per heavy atom. The number of nitrogens with zero attached hydrogens (tertiary/aromatic N) is 2. The molecule has 2 heterocycles. The number of aromatic amines is 2. The number of carbonyl (C=O) groups excluding carboxylic acids is 1. The average Bonchev–Trinajstić information content (AvgIpc) is 3.20. The Kier molecular flexibility index (Phi) is 3.51. The summed E-state index contributed by atoms with van der Waals surface area (Å²) in [7, 11) is 0. The van der Waals surface area contributed by atoms with Gasteiger partial charge in [0.1, 0.15) is 11.5 Å². The minimum atomic E-state index is -0.214. The molecular weight excluding hydrogens is 266 g/mol. The summed E-state index contributed by atoms with van der Waals surface area (Å²) >= 11 is 0. The summed E-state index contributed by atoms with van der Waals surface area (Å²) in [6.07, 6.45) is 3.38. The molecule has 1 atom stereocenters.